The number of para-hydroxylation sites is 1. The first kappa shape index (κ1) is 28.2. The second kappa shape index (κ2) is 11.6. The van der Waals surface area contributed by atoms with E-state index in [0.717, 1.165) is 60.5 Å². The van der Waals surface area contributed by atoms with Crippen molar-refractivity contribution in [1.29, 1.82) is 0 Å². The molecule has 0 aliphatic rings. The van der Waals surface area contributed by atoms with E-state index >= 15 is 0 Å². The van der Waals surface area contributed by atoms with Crippen molar-refractivity contribution in [2.75, 3.05) is 0 Å². The van der Waals surface area contributed by atoms with Gasteiger partial charge >= 0.3 is 238 Å². The summed E-state index contributed by atoms with van der Waals surface area (Å²) in [6.07, 6.45) is 1.83. The van der Waals surface area contributed by atoms with Crippen LogP contribution in [-0.4, -0.2) is 19.3 Å². The van der Waals surface area contributed by atoms with E-state index in [2.05, 4.69) is 140 Å². The zero-order valence-corrected chi connectivity index (χ0v) is 27.6. The van der Waals surface area contributed by atoms with E-state index in [0.29, 0.717) is 0 Å². The maximum absolute atomic E-state index is 6.60. The Morgan fingerprint density at radius 2 is 1.39 bits per heavy atom. The fraction of sp³-hybridized carbons (Fsp3) is 0.0500. The van der Waals surface area contributed by atoms with Crippen LogP contribution in [0.25, 0.3) is 55.6 Å². The molecule has 0 amide bonds. The summed E-state index contributed by atoms with van der Waals surface area (Å²) < 4.78 is 11.9. The summed E-state index contributed by atoms with van der Waals surface area (Å²) in [6.45, 7) is 4.20. The summed E-state index contributed by atoms with van der Waals surface area (Å²) in [6, 6.07) is 46.0. The van der Waals surface area contributed by atoms with Gasteiger partial charge < -0.3 is 0 Å². The third kappa shape index (κ3) is 4.85. The molecule has 0 fully saturated rings. The van der Waals surface area contributed by atoms with Crippen LogP contribution in [0.15, 0.2) is 140 Å². The SMILES string of the molecule is Cc1nn(-c2cccc(Oc3ccc4c5ccccc5n(-c5ccccn5)c4[c]3[Pt])c2)c(C)c1-c1ccc(-c2ccccc2)cc1. The van der Waals surface area contributed by atoms with Crippen LogP contribution >= 0.6 is 0 Å². The third-order valence-corrected chi connectivity index (χ3v) is 9.55. The van der Waals surface area contributed by atoms with E-state index in [1.54, 1.807) is 0 Å². The van der Waals surface area contributed by atoms with Crippen LogP contribution in [0.5, 0.6) is 11.5 Å². The quantitative estimate of drug-likeness (QED) is 0.169. The topological polar surface area (TPSA) is 44.9 Å². The van der Waals surface area contributed by atoms with E-state index in [1.807, 2.05) is 47.3 Å². The van der Waals surface area contributed by atoms with Crippen molar-refractivity contribution in [1.82, 2.24) is 19.3 Å². The Morgan fingerprint density at radius 3 is 2.20 bits per heavy atom. The van der Waals surface area contributed by atoms with Crippen molar-refractivity contribution in [2.45, 2.75) is 13.8 Å². The van der Waals surface area contributed by atoms with Gasteiger partial charge in [-0.2, -0.15) is 0 Å². The fourth-order valence-electron chi connectivity index (χ4n) is 6.36. The number of aromatic nitrogens is 4. The third-order valence-electron chi connectivity index (χ3n) is 8.45. The Hall–Kier alpha value is -5.25. The molecule has 0 spiro atoms. The van der Waals surface area contributed by atoms with Gasteiger partial charge in [0.15, 0.2) is 0 Å². The molecule has 5 nitrogen and oxygen atoms in total. The van der Waals surface area contributed by atoms with Crippen molar-refractivity contribution >= 4 is 25.8 Å². The van der Waals surface area contributed by atoms with Gasteiger partial charge in [-0.25, -0.2) is 0 Å². The van der Waals surface area contributed by atoms with Gasteiger partial charge in [-0.15, -0.1) is 0 Å². The number of pyridine rings is 1. The van der Waals surface area contributed by atoms with Crippen LogP contribution in [0, 0.1) is 13.8 Å². The van der Waals surface area contributed by atoms with Gasteiger partial charge in [0.2, 0.25) is 0 Å². The van der Waals surface area contributed by atoms with Crippen LogP contribution in [0.2, 0.25) is 0 Å². The van der Waals surface area contributed by atoms with E-state index in [9.17, 15) is 0 Å². The molecular formula is C40H29N4OPt. The molecule has 8 aromatic rings. The normalized spacial score (nSPS) is 11.4. The molecule has 0 radical (unpaired) electrons. The Morgan fingerprint density at radius 1 is 0.652 bits per heavy atom. The van der Waals surface area contributed by atoms with Crippen LogP contribution in [0.3, 0.4) is 0 Å². The first-order valence-electron chi connectivity index (χ1n) is 15.2. The molecule has 0 unspecified atom stereocenters. The average Bonchev–Trinajstić information content (AvgIpc) is 3.60. The molecule has 0 N–H and O–H groups in total. The second-order valence-electron chi connectivity index (χ2n) is 11.3. The van der Waals surface area contributed by atoms with Crippen LogP contribution < -0.4 is 8.69 Å². The second-order valence-corrected chi connectivity index (χ2v) is 12.4. The zero-order chi connectivity index (χ0) is 31.2. The number of rotatable bonds is 6. The number of hydrogen-bond donors (Lipinski definition) is 0. The summed E-state index contributed by atoms with van der Waals surface area (Å²) >= 11 is 2.39. The fourth-order valence-corrected chi connectivity index (χ4v) is 7.22. The predicted molar refractivity (Wildman–Crippen MR) is 182 cm³/mol. The number of benzene rings is 5. The van der Waals surface area contributed by atoms with Crippen molar-refractivity contribution in [3.05, 3.63) is 151 Å². The molecule has 0 saturated carbocycles. The summed E-state index contributed by atoms with van der Waals surface area (Å²) in [5.74, 6) is 2.41. The standard InChI is InChI=1S/C40H29N4O.Pt/c1-27-40(31-20-18-30(19-21-31)29-11-4-3-5-12-29)28(2)44(42-27)32-13-10-14-33(25-32)45-34-22-23-36-35-15-6-7-16-37(35)43(38(36)26-34)39-17-8-9-24-41-39;/h3-25H,1-2H3;. The average molecular weight is 777 g/mol. The molecule has 5 aromatic carbocycles. The molecular weight excluding hydrogens is 748 g/mol. The summed E-state index contributed by atoms with van der Waals surface area (Å²) in [7, 11) is 0. The monoisotopic (exact) mass is 776 g/mol. The van der Waals surface area contributed by atoms with Gasteiger partial charge in [-0.05, 0) is 11.1 Å². The number of hydrogen-bond acceptors (Lipinski definition) is 3. The number of nitrogens with zero attached hydrogens (tertiary/aromatic N) is 4. The van der Waals surface area contributed by atoms with Crippen molar-refractivity contribution in [2.24, 2.45) is 0 Å². The molecule has 3 heterocycles. The molecule has 3 aromatic heterocycles. The van der Waals surface area contributed by atoms with E-state index in [1.165, 1.54) is 21.9 Å². The summed E-state index contributed by atoms with van der Waals surface area (Å²) in [5.41, 5.74) is 9.92. The number of ether oxygens (including phenoxy) is 1. The Kier molecular flexibility index (Phi) is 7.12. The van der Waals surface area contributed by atoms with E-state index in [4.69, 9.17) is 9.84 Å². The first-order valence-corrected chi connectivity index (χ1v) is 16.3. The minimum absolute atomic E-state index is 0.747. The molecule has 46 heavy (non-hydrogen) atoms. The van der Waals surface area contributed by atoms with Gasteiger partial charge in [-0.1, -0.05) is 30.3 Å². The predicted octanol–water partition coefficient (Wildman–Crippen LogP) is 9.28. The van der Waals surface area contributed by atoms with Crippen LogP contribution in [0.4, 0.5) is 0 Å². The summed E-state index contributed by atoms with van der Waals surface area (Å²) in [4.78, 5) is 4.69. The minimum atomic E-state index is 0.747. The molecule has 0 aliphatic carbocycles. The Balaban J connectivity index is 1.15. The van der Waals surface area contributed by atoms with Crippen molar-refractivity contribution in [3.8, 4) is 45.3 Å². The number of aryl methyl sites for hydroxylation is 1. The Bertz CT molecular complexity index is 2360. The zero-order valence-electron chi connectivity index (χ0n) is 25.3. The Labute approximate surface area is 278 Å². The van der Waals surface area contributed by atoms with E-state index < -0.39 is 0 Å². The van der Waals surface area contributed by atoms with Crippen molar-refractivity contribution < 1.29 is 24.6 Å². The van der Waals surface area contributed by atoms with E-state index in [-0.39, 0.29) is 0 Å². The molecule has 0 atom stereocenters. The molecule has 225 valence electrons. The van der Waals surface area contributed by atoms with Gasteiger partial charge in [-0.3, -0.25) is 0 Å². The number of fused-ring (bicyclic) bond motifs is 3. The maximum atomic E-state index is 6.60. The molecule has 0 aliphatic heterocycles. The van der Waals surface area contributed by atoms with Gasteiger partial charge in [0, 0.05) is 0 Å². The van der Waals surface area contributed by atoms with Crippen LogP contribution in [0.1, 0.15) is 11.4 Å². The molecule has 0 bridgehead atoms. The van der Waals surface area contributed by atoms with Gasteiger partial charge in [0.1, 0.15) is 0 Å². The molecule has 0 saturated heterocycles. The van der Waals surface area contributed by atoms with Gasteiger partial charge in [0.25, 0.3) is 0 Å². The van der Waals surface area contributed by atoms with Crippen LogP contribution in [-0.2, 0) is 19.8 Å². The first-order chi connectivity index (χ1) is 22.6. The summed E-state index contributed by atoms with van der Waals surface area (Å²) in [5, 5.41) is 7.31. The molecule has 6 heteroatoms. The molecule has 8 rings (SSSR count). The van der Waals surface area contributed by atoms with Crippen molar-refractivity contribution in [3.63, 3.8) is 0 Å². The van der Waals surface area contributed by atoms with Gasteiger partial charge in [0.05, 0.1) is 0 Å².